The summed E-state index contributed by atoms with van der Waals surface area (Å²) in [5.74, 6) is 0. The van der Waals surface area contributed by atoms with Gasteiger partial charge in [0.05, 0.1) is 0 Å². The van der Waals surface area contributed by atoms with E-state index in [1.807, 2.05) is 0 Å². The Morgan fingerprint density at radius 1 is 1.33 bits per heavy atom. The van der Waals surface area contributed by atoms with E-state index < -0.39 is 0 Å². The van der Waals surface area contributed by atoms with Crippen LogP contribution < -0.4 is 5.32 Å². The largest absolute Gasteiger partial charge is 0.311 e. The SMILES string of the molecule is C[C@@H](c1ccccc1)N1C[C@@H]2C[C@H]1CN2. The van der Waals surface area contributed by atoms with Crippen molar-refractivity contribution in [1.82, 2.24) is 10.2 Å². The van der Waals surface area contributed by atoms with Crippen molar-refractivity contribution >= 4 is 0 Å². The monoisotopic (exact) mass is 202 g/mol. The van der Waals surface area contributed by atoms with Crippen LogP contribution in [-0.4, -0.2) is 30.1 Å². The topological polar surface area (TPSA) is 15.3 Å². The molecule has 80 valence electrons. The standard InChI is InChI=1S/C13H18N2/c1-10(11-5-3-2-4-6-11)15-9-12-7-13(15)8-14-12/h2-6,10,12-14H,7-9H2,1H3/t10-,12-,13-/m0/s1. The van der Waals surface area contributed by atoms with Crippen LogP contribution in [0, 0.1) is 0 Å². The number of likely N-dealkylation sites (tertiary alicyclic amines) is 1. The molecular weight excluding hydrogens is 184 g/mol. The quantitative estimate of drug-likeness (QED) is 0.786. The molecule has 2 aliphatic heterocycles. The van der Waals surface area contributed by atoms with Gasteiger partial charge in [-0.2, -0.15) is 0 Å². The summed E-state index contributed by atoms with van der Waals surface area (Å²) in [6.07, 6.45) is 1.34. The molecular formula is C13H18N2. The fourth-order valence-corrected chi connectivity index (χ4v) is 2.99. The van der Waals surface area contributed by atoms with Crippen molar-refractivity contribution in [3.63, 3.8) is 0 Å². The van der Waals surface area contributed by atoms with Crippen LogP contribution in [0.15, 0.2) is 30.3 Å². The molecule has 2 heteroatoms. The van der Waals surface area contributed by atoms with E-state index >= 15 is 0 Å². The van der Waals surface area contributed by atoms with Crippen molar-refractivity contribution in [2.45, 2.75) is 31.5 Å². The van der Waals surface area contributed by atoms with Gasteiger partial charge in [0.2, 0.25) is 0 Å². The van der Waals surface area contributed by atoms with Gasteiger partial charge >= 0.3 is 0 Å². The zero-order valence-corrected chi connectivity index (χ0v) is 9.19. The van der Waals surface area contributed by atoms with E-state index in [2.05, 4.69) is 47.5 Å². The highest BCUT2D eigenvalue weighted by molar-refractivity contribution is 5.19. The predicted molar refractivity (Wildman–Crippen MR) is 61.8 cm³/mol. The molecule has 2 bridgehead atoms. The Morgan fingerprint density at radius 2 is 2.13 bits per heavy atom. The summed E-state index contributed by atoms with van der Waals surface area (Å²) < 4.78 is 0. The smallest absolute Gasteiger partial charge is 0.0324 e. The van der Waals surface area contributed by atoms with E-state index in [0.717, 1.165) is 12.1 Å². The lowest BCUT2D eigenvalue weighted by Crippen LogP contribution is -2.44. The number of rotatable bonds is 2. The van der Waals surface area contributed by atoms with Gasteiger partial charge in [0.1, 0.15) is 0 Å². The third kappa shape index (κ3) is 1.58. The first kappa shape index (κ1) is 9.37. The minimum Gasteiger partial charge on any atom is -0.311 e. The van der Waals surface area contributed by atoms with Gasteiger partial charge < -0.3 is 5.32 Å². The average molecular weight is 202 g/mol. The molecule has 0 spiro atoms. The normalized spacial score (nSPS) is 32.1. The van der Waals surface area contributed by atoms with Gasteiger partial charge in [0.25, 0.3) is 0 Å². The summed E-state index contributed by atoms with van der Waals surface area (Å²) in [6, 6.07) is 12.9. The highest BCUT2D eigenvalue weighted by Gasteiger charge is 2.39. The molecule has 15 heavy (non-hydrogen) atoms. The van der Waals surface area contributed by atoms with Crippen LogP contribution in [0.4, 0.5) is 0 Å². The zero-order valence-electron chi connectivity index (χ0n) is 9.19. The fraction of sp³-hybridized carbons (Fsp3) is 0.538. The van der Waals surface area contributed by atoms with Crippen molar-refractivity contribution in [1.29, 1.82) is 0 Å². The number of benzene rings is 1. The Bertz CT molecular complexity index is 336. The van der Waals surface area contributed by atoms with Crippen molar-refractivity contribution in [2.24, 2.45) is 0 Å². The number of piperazine rings is 1. The third-order valence-corrected chi connectivity index (χ3v) is 3.88. The number of nitrogens with zero attached hydrogens (tertiary/aromatic N) is 1. The number of nitrogens with one attached hydrogen (secondary N) is 1. The lowest BCUT2D eigenvalue weighted by atomic mass is 10.1. The van der Waals surface area contributed by atoms with Crippen molar-refractivity contribution in [3.8, 4) is 0 Å². The Balaban J connectivity index is 1.78. The second-order valence-corrected chi connectivity index (χ2v) is 4.78. The maximum absolute atomic E-state index is 3.55. The molecule has 0 unspecified atom stereocenters. The van der Waals surface area contributed by atoms with Crippen LogP contribution in [-0.2, 0) is 0 Å². The van der Waals surface area contributed by atoms with Gasteiger partial charge in [0, 0.05) is 31.2 Å². The van der Waals surface area contributed by atoms with E-state index in [-0.39, 0.29) is 0 Å². The molecule has 2 heterocycles. The van der Waals surface area contributed by atoms with Crippen LogP contribution >= 0.6 is 0 Å². The predicted octanol–water partition coefficient (Wildman–Crippen LogP) is 1.79. The Kier molecular flexibility index (Phi) is 2.26. The first-order chi connectivity index (χ1) is 7.34. The van der Waals surface area contributed by atoms with E-state index in [1.165, 1.54) is 25.1 Å². The summed E-state index contributed by atoms with van der Waals surface area (Å²) in [6.45, 7) is 4.73. The zero-order chi connectivity index (χ0) is 10.3. The molecule has 0 aromatic heterocycles. The highest BCUT2D eigenvalue weighted by Crippen LogP contribution is 2.31. The molecule has 0 aliphatic carbocycles. The summed E-state index contributed by atoms with van der Waals surface area (Å²) >= 11 is 0. The minimum absolute atomic E-state index is 0.572. The molecule has 2 fully saturated rings. The van der Waals surface area contributed by atoms with Crippen LogP contribution in [0.2, 0.25) is 0 Å². The molecule has 0 amide bonds. The molecule has 3 rings (SSSR count). The maximum Gasteiger partial charge on any atom is 0.0324 e. The lowest BCUT2D eigenvalue weighted by molar-refractivity contribution is 0.170. The Labute approximate surface area is 91.3 Å². The van der Waals surface area contributed by atoms with Crippen molar-refractivity contribution < 1.29 is 0 Å². The summed E-state index contributed by atoms with van der Waals surface area (Å²) in [5, 5.41) is 3.55. The lowest BCUT2D eigenvalue weighted by Gasteiger charge is -2.33. The molecule has 2 saturated heterocycles. The van der Waals surface area contributed by atoms with Gasteiger partial charge in [-0.05, 0) is 18.9 Å². The van der Waals surface area contributed by atoms with Crippen LogP contribution in [0.1, 0.15) is 24.9 Å². The van der Waals surface area contributed by atoms with Crippen molar-refractivity contribution in [3.05, 3.63) is 35.9 Å². The molecule has 0 saturated carbocycles. The van der Waals surface area contributed by atoms with Crippen LogP contribution in [0.25, 0.3) is 0 Å². The Morgan fingerprint density at radius 3 is 2.73 bits per heavy atom. The van der Waals surface area contributed by atoms with Gasteiger partial charge in [-0.25, -0.2) is 0 Å². The first-order valence-electron chi connectivity index (χ1n) is 5.88. The van der Waals surface area contributed by atoms with Gasteiger partial charge in [-0.3, -0.25) is 4.90 Å². The molecule has 1 aromatic carbocycles. The van der Waals surface area contributed by atoms with E-state index in [0.29, 0.717) is 6.04 Å². The Hall–Kier alpha value is -0.860. The second-order valence-electron chi connectivity index (χ2n) is 4.78. The summed E-state index contributed by atoms with van der Waals surface area (Å²) in [7, 11) is 0. The number of hydrogen-bond acceptors (Lipinski definition) is 2. The molecule has 1 aromatic rings. The van der Waals surface area contributed by atoms with E-state index in [1.54, 1.807) is 0 Å². The van der Waals surface area contributed by atoms with Crippen molar-refractivity contribution in [2.75, 3.05) is 13.1 Å². The third-order valence-electron chi connectivity index (χ3n) is 3.88. The fourth-order valence-electron chi connectivity index (χ4n) is 2.99. The summed E-state index contributed by atoms with van der Waals surface area (Å²) in [5.41, 5.74) is 1.45. The number of fused-ring (bicyclic) bond motifs is 2. The minimum atomic E-state index is 0.572. The van der Waals surface area contributed by atoms with Gasteiger partial charge in [-0.15, -0.1) is 0 Å². The highest BCUT2D eigenvalue weighted by atomic mass is 15.3. The van der Waals surface area contributed by atoms with Gasteiger partial charge in [0.15, 0.2) is 0 Å². The summed E-state index contributed by atoms with van der Waals surface area (Å²) in [4.78, 5) is 2.65. The molecule has 1 N–H and O–H groups in total. The van der Waals surface area contributed by atoms with Gasteiger partial charge in [-0.1, -0.05) is 30.3 Å². The number of hydrogen-bond donors (Lipinski definition) is 1. The maximum atomic E-state index is 3.55. The average Bonchev–Trinajstić information content (AvgIpc) is 2.91. The van der Waals surface area contributed by atoms with E-state index in [9.17, 15) is 0 Å². The van der Waals surface area contributed by atoms with Crippen LogP contribution in [0.3, 0.4) is 0 Å². The molecule has 3 atom stereocenters. The molecule has 0 radical (unpaired) electrons. The molecule has 2 aliphatic rings. The van der Waals surface area contributed by atoms with Crippen LogP contribution in [0.5, 0.6) is 0 Å². The van der Waals surface area contributed by atoms with E-state index in [4.69, 9.17) is 0 Å². The molecule has 2 nitrogen and oxygen atoms in total. The second kappa shape index (κ2) is 3.62. The first-order valence-corrected chi connectivity index (χ1v) is 5.88.